The van der Waals surface area contributed by atoms with Crippen molar-refractivity contribution in [2.24, 2.45) is 5.92 Å². The molecule has 0 fully saturated rings. The maximum absolute atomic E-state index is 6.14. The molecule has 0 rings (SSSR count). The Labute approximate surface area is 171 Å². The quantitative estimate of drug-likeness (QED) is 0.138. The minimum atomic E-state index is -0.402. The van der Waals surface area contributed by atoms with Gasteiger partial charge in [0.2, 0.25) is 0 Å². The molecule has 3 nitrogen and oxygen atoms in total. The second-order valence-corrected chi connectivity index (χ2v) is 7.12. The van der Waals surface area contributed by atoms with Gasteiger partial charge in [0.25, 0.3) is 0 Å². The molecule has 27 heavy (non-hydrogen) atoms. The molecule has 0 aliphatic rings. The van der Waals surface area contributed by atoms with Crippen LogP contribution in [-0.4, -0.2) is 32.7 Å². The molecule has 3 heteroatoms. The van der Waals surface area contributed by atoms with Crippen LogP contribution in [0.5, 0.6) is 0 Å². The zero-order valence-electron chi connectivity index (χ0n) is 19.5. The Morgan fingerprint density at radius 1 is 0.815 bits per heavy atom. The van der Waals surface area contributed by atoms with Crippen LogP contribution in [0.4, 0.5) is 0 Å². The van der Waals surface area contributed by atoms with Gasteiger partial charge in [-0.3, -0.25) is 0 Å². The average Bonchev–Trinajstić information content (AvgIpc) is 2.69. The highest BCUT2D eigenvalue weighted by Crippen LogP contribution is 2.35. The fourth-order valence-corrected chi connectivity index (χ4v) is 3.49. The zero-order valence-corrected chi connectivity index (χ0v) is 19.5. The average molecular weight is 387 g/mol. The standard InChI is InChI=1S/C20H42O3.C4H8/c1-6-10-11-12-13-14-16-19(17-15-18-21-5)20(7-2,22-8-3)23-9-4;1-3-4-2/h19H,6-18H2,1-5H3;3H,1,4H2,2H3. The van der Waals surface area contributed by atoms with Crippen molar-refractivity contribution in [1.82, 2.24) is 0 Å². The third-order valence-corrected chi connectivity index (χ3v) is 4.99. The van der Waals surface area contributed by atoms with Crippen molar-refractivity contribution in [3.05, 3.63) is 12.7 Å². The van der Waals surface area contributed by atoms with E-state index in [1.165, 1.54) is 44.9 Å². The number of methoxy groups -OCH3 is 1. The molecular formula is C24H50O3. The Bertz CT molecular complexity index is 285. The van der Waals surface area contributed by atoms with E-state index in [0.29, 0.717) is 19.1 Å². The van der Waals surface area contributed by atoms with Gasteiger partial charge in [-0.15, -0.1) is 6.58 Å². The second-order valence-electron chi connectivity index (χ2n) is 7.12. The van der Waals surface area contributed by atoms with Crippen molar-refractivity contribution < 1.29 is 14.2 Å². The Hall–Kier alpha value is -0.380. The molecular weight excluding hydrogens is 336 g/mol. The highest BCUT2D eigenvalue weighted by molar-refractivity contribution is 4.79. The molecule has 0 spiro atoms. The van der Waals surface area contributed by atoms with E-state index in [1.54, 1.807) is 7.11 Å². The van der Waals surface area contributed by atoms with E-state index in [-0.39, 0.29) is 0 Å². The molecule has 0 aliphatic heterocycles. The number of ether oxygens (including phenoxy) is 3. The molecule has 164 valence electrons. The Balaban J connectivity index is 0. The second kappa shape index (κ2) is 21.9. The van der Waals surface area contributed by atoms with E-state index in [4.69, 9.17) is 14.2 Å². The van der Waals surface area contributed by atoms with Crippen LogP contribution < -0.4 is 0 Å². The molecule has 0 aromatic rings. The van der Waals surface area contributed by atoms with E-state index >= 15 is 0 Å². The van der Waals surface area contributed by atoms with Gasteiger partial charge in [0.15, 0.2) is 5.79 Å². The van der Waals surface area contributed by atoms with Gasteiger partial charge in [-0.1, -0.05) is 65.4 Å². The van der Waals surface area contributed by atoms with Gasteiger partial charge in [-0.25, -0.2) is 0 Å². The predicted molar refractivity (Wildman–Crippen MR) is 119 cm³/mol. The van der Waals surface area contributed by atoms with Crippen molar-refractivity contribution in [3.63, 3.8) is 0 Å². The summed E-state index contributed by atoms with van der Waals surface area (Å²) in [5.74, 6) is 0.0643. The number of hydrogen-bond acceptors (Lipinski definition) is 3. The van der Waals surface area contributed by atoms with Crippen molar-refractivity contribution in [3.8, 4) is 0 Å². The third kappa shape index (κ3) is 15.2. The van der Waals surface area contributed by atoms with E-state index in [9.17, 15) is 0 Å². The minimum Gasteiger partial charge on any atom is -0.385 e. The van der Waals surface area contributed by atoms with Crippen molar-refractivity contribution in [2.75, 3.05) is 26.9 Å². The molecule has 0 radical (unpaired) electrons. The van der Waals surface area contributed by atoms with Crippen molar-refractivity contribution in [2.45, 2.75) is 111 Å². The molecule has 0 saturated heterocycles. The Morgan fingerprint density at radius 2 is 1.33 bits per heavy atom. The molecule has 0 aromatic carbocycles. The number of hydrogen-bond donors (Lipinski definition) is 0. The van der Waals surface area contributed by atoms with E-state index in [1.807, 2.05) is 6.08 Å². The molecule has 0 amide bonds. The van der Waals surface area contributed by atoms with Crippen LogP contribution >= 0.6 is 0 Å². The predicted octanol–water partition coefficient (Wildman–Crippen LogP) is 7.54. The molecule has 0 saturated carbocycles. The first-order valence-corrected chi connectivity index (χ1v) is 11.5. The lowest BCUT2D eigenvalue weighted by atomic mass is 9.86. The third-order valence-electron chi connectivity index (χ3n) is 4.99. The van der Waals surface area contributed by atoms with Gasteiger partial charge >= 0.3 is 0 Å². The van der Waals surface area contributed by atoms with Gasteiger partial charge < -0.3 is 14.2 Å². The summed E-state index contributed by atoms with van der Waals surface area (Å²) >= 11 is 0. The fraction of sp³-hybridized carbons (Fsp3) is 0.917. The first-order valence-electron chi connectivity index (χ1n) is 11.5. The number of unbranched alkanes of at least 4 members (excludes halogenated alkanes) is 5. The molecule has 0 aromatic heterocycles. The van der Waals surface area contributed by atoms with Crippen LogP contribution in [-0.2, 0) is 14.2 Å². The molecule has 0 heterocycles. The number of allylic oxidation sites excluding steroid dienone is 1. The summed E-state index contributed by atoms with van der Waals surface area (Å²) in [6.07, 6.45) is 15.3. The fourth-order valence-electron chi connectivity index (χ4n) is 3.49. The summed E-state index contributed by atoms with van der Waals surface area (Å²) in [7, 11) is 1.78. The number of rotatable bonds is 18. The topological polar surface area (TPSA) is 27.7 Å². The smallest absolute Gasteiger partial charge is 0.170 e. The summed E-state index contributed by atoms with van der Waals surface area (Å²) in [6, 6.07) is 0. The monoisotopic (exact) mass is 386 g/mol. The molecule has 1 atom stereocenters. The van der Waals surface area contributed by atoms with Gasteiger partial charge in [0.05, 0.1) is 0 Å². The first-order chi connectivity index (χ1) is 13.1. The minimum absolute atomic E-state index is 0.402. The van der Waals surface area contributed by atoms with Gasteiger partial charge in [0.1, 0.15) is 0 Å². The SMILES string of the molecule is C=CCC.CCCCCCCCC(CCCOC)C(CC)(OCC)OCC. The van der Waals surface area contributed by atoms with E-state index in [2.05, 4.69) is 41.2 Å². The van der Waals surface area contributed by atoms with Crippen molar-refractivity contribution >= 4 is 0 Å². The Kier molecular flexibility index (Phi) is 23.4. The highest BCUT2D eigenvalue weighted by Gasteiger charge is 2.38. The van der Waals surface area contributed by atoms with Crippen LogP contribution in [0.2, 0.25) is 0 Å². The molecule has 0 bridgehead atoms. The summed E-state index contributed by atoms with van der Waals surface area (Å²) in [4.78, 5) is 0. The zero-order chi connectivity index (χ0) is 20.8. The summed E-state index contributed by atoms with van der Waals surface area (Å²) in [5.41, 5.74) is 0. The molecule has 0 aliphatic carbocycles. The normalized spacial score (nSPS) is 12.4. The van der Waals surface area contributed by atoms with E-state index in [0.717, 1.165) is 32.3 Å². The van der Waals surface area contributed by atoms with E-state index < -0.39 is 5.79 Å². The maximum atomic E-state index is 6.14. The molecule has 1 unspecified atom stereocenters. The van der Waals surface area contributed by atoms with Crippen LogP contribution in [0.3, 0.4) is 0 Å². The summed E-state index contributed by atoms with van der Waals surface area (Å²) in [6.45, 7) is 16.4. The van der Waals surface area contributed by atoms with Crippen LogP contribution in [0, 0.1) is 5.92 Å². The van der Waals surface area contributed by atoms with Gasteiger partial charge in [-0.2, -0.15) is 0 Å². The van der Waals surface area contributed by atoms with Crippen LogP contribution in [0.15, 0.2) is 12.7 Å². The maximum Gasteiger partial charge on any atom is 0.170 e. The van der Waals surface area contributed by atoms with Crippen LogP contribution in [0.1, 0.15) is 105 Å². The summed E-state index contributed by atoms with van der Waals surface area (Å²) in [5, 5.41) is 0. The Morgan fingerprint density at radius 3 is 1.78 bits per heavy atom. The lowest BCUT2D eigenvalue weighted by molar-refractivity contribution is -0.268. The van der Waals surface area contributed by atoms with Gasteiger partial charge in [0, 0.05) is 32.8 Å². The lowest BCUT2D eigenvalue weighted by Crippen LogP contribution is -2.43. The lowest BCUT2D eigenvalue weighted by Gasteiger charge is -2.40. The van der Waals surface area contributed by atoms with Crippen molar-refractivity contribution in [1.29, 1.82) is 0 Å². The highest BCUT2D eigenvalue weighted by atomic mass is 16.7. The molecule has 0 N–H and O–H groups in total. The van der Waals surface area contributed by atoms with Crippen LogP contribution in [0.25, 0.3) is 0 Å². The first kappa shape index (κ1) is 28.8. The largest absolute Gasteiger partial charge is 0.385 e. The summed E-state index contributed by atoms with van der Waals surface area (Å²) < 4.78 is 17.5. The van der Waals surface area contributed by atoms with Gasteiger partial charge in [-0.05, 0) is 46.0 Å².